The van der Waals surface area contributed by atoms with Gasteiger partial charge in [0.15, 0.2) is 0 Å². The van der Waals surface area contributed by atoms with Crippen LogP contribution in [0.2, 0.25) is 0 Å². The molecule has 0 aromatic heterocycles. The normalized spacial score (nSPS) is 35.5. The molecule has 1 fully saturated rings. The van der Waals surface area contributed by atoms with E-state index in [-0.39, 0.29) is 0 Å². The van der Waals surface area contributed by atoms with Crippen molar-refractivity contribution >= 4 is 0 Å². The Kier molecular flexibility index (Phi) is 5.77. The molecule has 0 aromatic carbocycles. The molecule has 2 heterocycles. The van der Waals surface area contributed by atoms with Crippen molar-refractivity contribution in [1.82, 2.24) is 9.80 Å². The first-order chi connectivity index (χ1) is 10.3. The molecule has 0 aromatic rings. The molecule has 2 aliphatic heterocycles. The van der Waals surface area contributed by atoms with Crippen LogP contribution in [-0.2, 0) is 0 Å². The van der Waals surface area contributed by atoms with Gasteiger partial charge in [-0.2, -0.15) is 0 Å². The second kappa shape index (κ2) is 7.05. The molecule has 0 saturated carbocycles. The fourth-order valence-corrected chi connectivity index (χ4v) is 4.81. The topological polar surface area (TPSA) is 6.48 Å². The van der Waals surface area contributed by atoms with E-state index in [0.29, 0.717) is 11.5 Å². The lowest BCUT2D eigenvalue weighted by Crippen LogP contribution is -2.49. The first-order valence-corrected chi connectivity index (χ1v) is 9.44. The minimum absolute atomic E-state index is 0.312. The summed E-state index contributed by atoms with van der Waals surface area (Å²) in [5.74, 6) is 0.841. The molecule has 22 heavy (non-hydrogen) atoms. The minimum atomic E-state index is 0.312. The van der Waals surface area contributed by atoms with E-state index in [1.54, 1.807) is 5.57 Å². The monoisotopic (exact) mass is 306 g/mol. The fraction of sp³-hybridized carbons (Fsp3) is 0.900. The highest BCUT2D eigenvalue weighted by atomic mass is 15.2. The number of hydrogen-bond donors (Lipinski definition) is 0. The SMILES string of the molecule is CCN1CCC=C(C(C)(C)CC2CC[C@H](C)[C@H](C)N2C)C1C. The van der Waals surface area contributed by atoms with Gasteiger partial charge in [-0.05, 0) is 64.5 Å². The first kappa shape index (κ1) is 18.0. The number of nitrogens with zero attached hydrogens (tertiary/aromatic N) is 2. The van der Waals surface area contributed by atoms with Gasteiger partial charge in [-0.15, -0.1) is 0 Å². The van der Waals surface area contributed by atoms with Crippen molar-refractivity contribution in [2.24, 2.45) is 11.3 Å². The van der Waals surface area contributed by atoms with Gasteiger partial charge in [0.1, 0.15) is 0 Å². The fourth-order valence-electron chi connectivity index (χ4n) is 4.81. The lowest BCUT2D eigenvalue weighted by Gasteiger charge is -2.47. The highest BCUT2D eigenvalue weighted by molar-refractivity contribution is 5.21. The van der Waals surface area contributed by atoms with Crippen molar-refractivity contribution in [3.05, 3.63) is 11.6 Å². The minimum Gasteiger partial charge on any atom is -0.300 e. The molecule has 2 heteroatoms. The quantitative estimate of drug-likeness (QED) is 0.702. The van der Waals surface area contributed by atoms with Crippen LogP contribution >= 0.6 is 0 Å². The highest BCUT2D eigenvalue weighted by Crippen LogP contribution is 2.41. The van der Waals surface area contributed by atoms with E-state index in [9.17, 15) is 0 Å². The summed E-state index contributed by atoms with van der Waals surface area (Å²) in [7, 11) is 2.35. The molecule has 1 saturated heterocycles. The summed E-state index contributed by atoms with van der Waals surface area (Å²) in [6.45, 7) is 16.9. The molecule has 0 N–H and O–H groups in total. The van der Waals surface area contributed by atoms with E-state index in [4.69, 9.17) is 0 Å². The van der Waals surface area contributed by atoms with Crippen LogP contribution in [0.25, 0.3) is 0 Å². The predicted octanol–water partition coefficient (Wildman–Crippen LogP) is 4.56. The van der Waals surface area contributed by atoms with Crippen molar-refractivity contribution in [2.45, 2.75) is 85.4 Å². The Morgan fingerprint density at radius 3 is 2.50 bits per heavy atom. The molecule has 2 rings (SSSR count). The molecule has 0 aliphatic carbocycles. The lowest BCUT2D eigenvalue weighted by molar-refractivity contribution is 0.0576. The van der Waals surface area contributed by atoms with Crippen molar-refractivity contribution in [2.75, 3.05) is 20.1 Å². The zero-order valence-corrected chi connectivity index (χ0v) is 16.0. The number of hydrogen-bond acceptors (Lipinski definition) is 2. The number of likely N-dealkylation sites (N-methyl/N-ethyl adjacent to an activating group) is 1. The average Bonchev–Trinajstić information content (AvgIpc) is 2.48. The molecule has 2 aliphatic rings. The van der Waals surface area contributed by atoms with Crippen molar-refractivity contribution in [3.63, 3.8) is 0 Å². The third kappa shape index (κ3) is 3.59. The predicted molar refractivity (Wildman–Crippen MR) is 97.2 cm³/mol. The Morgan fingerprint density at radius 2 is 1.86 bits per heavy atom. The Morgan fingerprint density at radius 1 is 1.18 bits per heavy atom. The van der Waals surface area contributed by atoms with Gasteiger partial charge >= 0.3 is 0 Å². The van der Waals surface area contributed by atoms with Crippen LogP contribution in [0.5, 0.6) is 0 Å². The maximum Gasteiger partial charge on any atom is 0.0284 e. The standard InChI is InChI=1S/C20H38N2/c1-8-22-13-9-10-19(17(22)4)20(5,6)14-18-12-11-15(2)16(3)21(18)7/h10,15-18H,8-9,11-14H2,1-7H3/t15-,16-,17?,18?/m0/s1. The van der Waals surface area contributed by atoms with Crippen LogP contribution in [0, 0.1) is 11.3 Å². The van der Waals surface area contributed by atoms with Gasteiger partial charge in [-0.3, -0.25) is 4.90 Å². The Balaban J connectivity index is 2.09. The third-order valence-corrected chi connectivity index (χ3v) is 6.71. The molecular weight excluding hydrogens is 268 g/mol. The molecule has 128 valence electrons. The molecule has 2 unspecified atom stereocenters. The number of piperidine rings is 1. The molecule has 0 bridgehead atoms. The molecule has 0 radical (unpaired) electrons. The zero-order valence-electron chi connectivity index (χ0n) is 16.0. The van der Waals surface area contributed by atoms with Gasteiger partial charge in [-0.1, -0.05) is 39.3 Å². The van der Waals surface area contributed by atoms with Crippen LogP contribution in [0.4, 0.5) is 0 Å². The average molecular weight is 307 g/mol. The number of likely N-dealkylation sites (tertiary alicyclic amines) is 1. The maximum absolute atomic E-state index is 2.65. The summed E-state index contributed by atoms with van der Waals surface area (Å²) < 4.78 is 0. The smallest absolute Gasteiger partial charge is 0.0284 e. The molecule has 2 nitrogen and oxygen atoms in total. The van der Waals surface area contributed by atoms with Gasteiger partial charge in [-0.25, -0.2) is 0 Å². The summed E-state index contributed by atoms with van der Waals surface area (Å²) in [4.78, 5) is 5.29. The number of rotatable bonds is 4. The van der Waals surface area contributed by atoms with E-state index >= 15 is 0 Å². The van der Waals surface area contributed by atoms with Crippen molar-refractivity contribution in [3.8, 4) is 0 Å². The molecule has 0 spiro atoms. The first-order valence-electron chi connectivity index (χ1n) is 9.44. The Hall–Kier alpha value is -0.340. The van der Waals surface area contributed by atoms with Crippen molar-refractivity contribution in [1.29, 1.82) is 0 Å². The summed E-state index contributed by atoms with van der Waals surface area (Å²) in [6.07, 6.45) is 7.83. The van der Waals surface area contributed by atoms with Crippen LogP contribution in [0.15, 0.2) is 11.6 Å². The van der Waals surface area contributed by atoms with Crippen LogP contribution in [-0.4, -0.2) is 48.1 Å². The van der Waals surface area contributed by atoms with E-state index in [1.807, 2.05) is 0 Å². The van der Waals surface area contributed by atoms with Gasteiger partial charge in [0.2, 0.25) is 0 Å². The maximum atomic E-state index is 2.65. The summed E-state index contributed by atoms with van der Waals surface area (Å²) >= 11 is 0. The molecule has 4 atom stereocenters. The highest BCUT2D eigenvalue weighted by Gasteiger charge is 2.37. The van der Waals surface area contributed by atoms with E-state index in [1.165, 1.54) is 38.8 Å². The lowest BCUT2D eigenvalue weighted by atomic mass is 9.72. The van der Waals surface area contributed by atoms with E-state index in [0.717, 1.165) is 18.0 Å². The Labute approximate surface area is 138 Å². The second-order valence-corrected chi connectivity index (χ2v) is 8.46. The van der Waals surface area contributed by atoms with E-state index < -0.39 is 0 Å². The van der Waals surface area contributed by atoms with E-state index in [2.05, 4.69) is 64.5 Å². The molecular formula is C20H38N2. The van der Waals surface area contributed by atoms with Gasteiger partial charge in [0.25, 0.3) is 0 Å². The van der Waals surface area contributed by atoms with Crippen molar-refractivity contribution < 1.29 is 0 Å². The van der Waals surface area contributed by atoms with Crippen LogP contribution < -0.4 is 0 Å². The van der Waals surface area contributed by atoms with Crippen LogP contribution in [0.1, 0.15) is 67.2 Å². The summed E-state index contributed by atoms with van der Waals surface area (Å²) in [5, 5.41) is 0. The third-order valence-electron chi connectivity index (χ3n) is 6.71. The largest absolute Gasteiger partial charge is 0.300 e. The van der Waals surface area contributed by atoms with Gasteiger partial charge in [0.05, 0.1) is 0 Å². The van der Waals surface area contributed by atoms with Crippen LogP contribution in [0.3, 0.4) is 0 Å². The van der Waals surface area contributed by atoms with Gasteiger partial charge < -0.3 is 4.90 Å². The molecule has 0 amide bonds. The Bertz CT molecular complexity index is 399. The second-order valence-electron chi connectivity index (χ2n) is 8.46. The summed E-state index contributed by atoms with van der Waals surface area (Å²) in [6, 6.07) is 2.07. The zero-order chi connectivity index (χ0) is 16.5. The van der Waals surface area contributed by atoms with Gasteiger partial charge in [0, 0.05) is 24.7 Å². The summed E-state index contributed by atoms with van der Waals surface area (Å²) in [5.41, 5.74) is 1.99.